The molecule has 0 saturated heterocycles. The van der Waals surface area contributed by atoms with Gasteiger partial charge < -0.3 is 4.74 Å². The van der Waals surface area contributed by atoms with Gasteiger partial charge in [0.05, 0.1) is 14.8 Å². The third-order valence-corrected chi connectivity index (χ3v) is 5.56. The molecule has 1 N–H and O–H groups in total. The Morgan fingerprint density at radius 2 is 1.69 bits per heavy atom. The molecule has 7 nitrogen and oxygen atoms in total. The molecule has 0 unspecified atom stereocenters. The molecule has 0 aliphatic carbocycles. The van der Waals surface area contributed by atoms with Gasteiger partial charge in [-0.05, 0) is 54.6 Å². The van der Waals surface area contributed by atoms with Gasteiger partial charge in [0.25, 0.3) is 10.0 Å². The van der Waals surface area contributed by atoms with Gasteiger partial charge in [-0.2, -0.15) is 4.39 Å². The third-order valence-electron chi connectivity index (χ3n) is 3.65. The van der Waals surface area contributed by atoms with Crippen LogP contribution in [0.4, 0.5) is 15.8 Å². The maximum absolute atomic E-state index is 13.4. The minimum atomic E-state index is -4.17. The summed E-state index contributed by atoms with van der Waals surface area (Å²) in [6.07, 6.45) is 0. The van der Waals surface area contributed by atoms with E-state index in [1.165, 1.54) is 30.3 Å². The van der Waals surface area contributed by atoms with Crippen molar-refractivity contribution in [2.24, 2.45) is 0 Å². The number of ether oxygens (including phenoxy) is 1. The van der Waals surface area contributed by atoms with Gasteiger partial charge in [-0.15, -0.1) is 0 Å². The number of nitrogens with zero attached hydrogens (tertiary/aromatic N) is 1. The van der Waals surface area contributed by atoms with E-state index in [0.29, 0.717) is 27.6 Å². The smallest absolute Gasteiger partial charge is 0.306 e. The maximum atomic E-state index is 13.4. The first-order valence-electron chi connectivity index (χ1n) is 7.85. The molecule has 3 rings (SSSR count). The zero-order valence-electron chi connectivity index (χ0n) is 14.3. The number of halogens is 3. The second-order valence-electron chi connectivity index (χ2n) is 5.68. The molecule has 0 fully saturated rings. The van der Waals surface area contributed by atoms with Crippen LogP contribution in [-0.2, 0) is 10.0 Å². The lowest BCUT2D eigenvalue weighted by Gasteiger charge is -2.10. The Balaban J connectivity index is 1.78. The molecule has 3 aromatic rings. The molecule has 29 heavy (non-hydrogen) atoms. The van der Waals surface area contributed by atoms with Gasteiger partial charge in [0.15, 0.2) is 0 Å². The summed E-state index contributed by atoms with van der Waals surface area (Å²) >= 11 is 11.9. The number of sulfonamides is 1. The topological polar surface area (TPSA) is 98.5 Å². The highest BCUT2D eigenvalue weighted by atomic mass is 35.5. The average Bonchev–Trinajstić information content (AvgIpc) is 2.65. The van der Waals surface area contributed by atoms with Crippen LogP contribution >= 0.6 is 23.2 Å². The zero-order chi connectivity index (χ0) is 21.2. The lowest BCUT2D eigenvalue weighted by molar-refractivity contribution is -0.387. The molecule has 0 saturated carbocycles. The van der Waals surface area contributed by atoms with E-state index in [9.17, 15) is 22.9 Å². The number of nitro groups is 1. The number of hydrogen-bond donors (Lipinski definition) is 1. The fraction of sp³-hybridized carbons (Fsp3) is 0. The average molecular weight is 457 g/mol. The Kier molecular flexibility index (Phi) is 5.92. The van der Waals surface area contributed by atoms with Crippen molar-refractivity contribution in [2.45, 2.75) is 4.90 Å². The van der Waals surface area contributed by atoms with Crippen LogP contribution in [0.5, 0.6) is 11.5 Å². The van der Waals surface area contributed by atoms with Gasteiger partial charge in [-0.25, -0.2) is 8.42 Å². The standard InChI is InChI=1S/C18H11Cl2FN2O5S/c19-11-1-8-18(15(20)9-11)28-13-4-2-12(3-5-13)22-29(26,27)14-6-7-16(21)17(10-14)23(24)25/h1-10,22H. The summed E-state index contributed by atoms with van der Waals surface area (Å²) in [4.78, 5) is 9.37. The minimum Gasteiger partial charge on any atom is -0.456 e. The van der Waals surface area contributed by atoms with Crippen LogP contribution in [0.15, 0.2) is 65.6 Å². The number of benzene rings is 3. The molecule has 0 aliphatic heterocycles. The molecule has 0 spiro atoms. The summed E-state index contributed by atoms with van der Waals surface area (Å²) < 4.78 is 46.1. The fourth-order valence-electron chi connectivity index (χ4n) is 2.29. The molecule has 0 amide bonds. The molecule has 0 heterocycles. The zero-order valence-corrected chi connectivity index (χ0v) is 16.6. The molecule has 0 aliphatic rings. The predicted octanol–water partition coefficient (Wildman–Crippen LogP) is 5.63. The molecule has 150 valence electrons. The normalized spacial score (nSPS) is 11.1. The van der Waals surface area contributed by atoms with Gasteiger partial charge in [-0.3, -0.25) is 14.8 Å². The highest BCUT2D eigenvalue weighted by molar-refractivity contribution is 7.92. The minimum absolute atomic E-state index is 0.173. The second kappa shape index (κ2) is 8.24. The first-order valence-corrected chi connectivity index (χ1v) is 10.1. The summed E-state index contributed by atoms with van der Waals surface area (Å²) in [5, 5.41) is 11.6. The summed E-state index contributed by atoms with van der Waals surface area (Å²) in [6.45, 7) is 0. The molecular weight excluding hydrogens is 446 g/mol. The van der Waals surface area contributed by atoms with Crippen LogP contribution in [0.2, 0.25) is 10.0 Å². The Labute approximate surface area is 174 Å². The third kappa shape index (κ3) is 4.94. The summed E-state index contributed by atoms with van der Waals surface area (Å²) in [5.74, 6) is -0.381. The predicted molar refractivity (Wildman–Crippen MR) is 107 cm³/mol. The van der Waals surface area contributed by atoms with Crippen LogP contribution in [0, 0.1) is 15.9 Å². The lowest BCUT2D eigenvalue weighted by Crippen LogP contribution is -2.13. The van der Waals surface area contributed by atoms with Crippen LogP contribution < -0.4 is 9.46 Å². The van der Waals surface area contributed by atoms with Crippen molar-refractivity contribution in [2.75, 3.05) is 4.72 Å². The number of nitro benzene ring substituents is 1. The monoisotopic (exact) mass is 456 g/mol. The van der Waals surface area contributed by atoms with Crippen LogP contribution in [0.3, 0.4) is 0 Å². The Bertz CT molecular complexity index is 1190. The lowest BCUT2D eigenvalue weighted by atomic mass is 10.3. The molecule has 0 bridgehead atoms. The van der Waals surface area contributed by atoms with Gasteiger partial charge in [0.2, 0.25) is 5.82 Å². The van der Waals surface area contributed by atoms with Gasteiger partial charge in [0, 0.05) is 16.8 Å². The fourth-order valence-corrected chi connectivity index (χ4v) is 3.81. The molecular formula is C18H11Cl2FN2O5S. The highest BCUT2D eigenvalue weighted by Gasteiger charge is 2.21. The van der Waals surface area contributed by atoms with Gasteiger partial charge >= 0.3 is 5.69 Å². The van der Waals surface area contributed by atoms with Crippen molar-refractivity contribution in [3.63, 3.8) is 0 Å². The van der Waals surface area contributed by atoms with E-state index in [1.54, 1.807) is 12.1 Å². The largest absolute Gasteiger partial charge is 0.456 e. The number of hydrogen-bond acceptors (Lipinski definition) is 5. The Hall–Kier alpha value is -2.88. The van der Waals surface area contributed by atoms with Crippen molar-refractivity contribution < 1.29 is 22.5 Å². The first-order chi connectivity index (χ1) is 13.7. The van der Waals surface area contributed by atoms with Gasteiger partial charge in [-0.1, -0.05) is 23.2 Å². The van der Waals surface area contributed by atoms with Crippen molar-refractivity contribution in [1.29, 1.82) is 0 Å². The first kappa shape index (κ1) is 20.8. The molecule has 0 aromatic heterocycles. The highest BCUT2D eigenvalue weighted by Crippen LogP contribution is 2.32. The number of nitrogens with one attached hydrogen (secondary N) is 1. The van der Waals surface area contributed by atoms with E-state index in [2.05, 4.69) is 4.72 Å². The van der Waals surface area contributed by atoms with Crippen molar-refractivity contribution in [1.82, 2.24) is 0 Å². The Morgan fingerprint density at radius 1 is 1.00 bits per heavy atom. The van der Waals surface area contributed by atoms with Crippen molar-refractivity contribution in [3.8, 4) is 11.5 Å². The quantitative estimate of drug-likeness (QED) is 0.382. The summed E-state index contributed by atoms with van der Waals surface area (Å²) in [5.41, 5.74) is -0.761. The van der Waals surface area contributed by atoms with E-state index < -0.39 is 31.3 Å². The Morgan fingerprint density at radius 3 is 2.31 bits per heavy atom. The number of anilines is 1. The maximum Gasteiger partial charge on any atom is 0.306 e. The van der Waals surface area contributed by atoms with E-state index in [1.807, 2.05) is 0 Å². The summed E-state index contributed by atoms with van der Waals surface area (Å²) in [6, 6.07) is 12.9. The van der Waals surface area contributed by atoms with E-state index >= 15 is 0 Å². The van der Waals surface area contributed by atoms with Crippen molar-refractivity contribution >= 4 is 44.6 Å². The molecule has 3 aromatic carbocycles. The van der Waals surface area contributed by atoms with E-state index in [0.717, 1.165) is 12.1 Å². The number of rotatable bonds is 6. The molecule has 0 atom stereocenters. The second-order valence-corrected chi connectivity index (χ2v) is 8.20. The van der Waals surface area contributed by atoms with Crippen LogP contribution in [-0.4, -0.2) is 13.3 Å². The van der Waals surface area contributed by atoms with Crippen molar-refractivity contribution in [3.05, 3.63) is 86.6 Å². The molecule has 0 radical (unpaired) electrons. The van der Waals surface area contributed by atoms with E-state index in [-0.39, 0.29) is 5.69 Å². The van der Waals surface area contributed by atoms with E-state index in [4.69, 9.17) is 27.9 Å². The molecule has 11 heteroatoms. The van der Waals surface area contributed by atoms with Crippen LogP contribution in [0.1, 0.15) is 0 Å². The summed E-state index contributed by atoms with van der Waals surface area (Å²) in [7, 11) is -4.17. The van der Waals surface area contributed by atoms with Crippen LogP contribution in [0.25, 0.3) is 0 Å². The SMILES string of the molecule is O=[N+]([O-])c1cc(S(=O)(=O)Nc2ccc(Oc3ccc(Cl)cc3Cl)cc2)ccc1F. The van der Waals surface area contributed by atoms with Gasteiger partial charge in [0.1, 0.15) is 11.5 Å².